The molecule has 0 radical (unpaired) electrons. The molecule has 0 saturated carbocycles. The van der Waals surface area contributed by atoms with Crippen LogP contribution in [-0.4, -0.2) is 58.0 Å². The van der Waals surface area contributed by atoms with Gasteiger partial charge in [0, 0.05) is 26.7 Å². The summed E-state index contributed by atoms with van der Waals surface area (Å²) in [7, 11) is 1.74. The molecular weight excluding hydrogens is 256 g/mol. The van der Waals surface area contributed by atoms with Crippen LogP contribution in [0.2, 0.25) is 0 Å². The highest BCUT2D eigenvalue weighted by atomic mass is 16.5. The van der Waals surface area contributed by atoms with Crippen LogP contribution in [-0.2, 0) is 4.74 Å². The monoisotopic (exact) mass is 276 g/mol. The van der Waals surface area contributed by atoms with E-state index in [1.165, 1.54) is 6.33 Å². The zero-order valence-corrected chi connectivity index (χ0v) is 11.7. The molecule has 0 aliphatic carbocycles. The number of rotatable bonds is 4. The Labute approximate surface area is 117 Å². The third kappa shape index (κ3) is 2.46. The maximum Gasteiger partial charge on any atom is 0.163 e. The van der Waals surface area contributed by atoms with Gasteiger partial charge in [0.25, 0.3) is 0 Å². The van der Waals surface area contributed by atoms with Gasteiger partial charge in [0.2, 0.25) is 0 Å². The summed E-state index contributed by atoms with van der Waals surface area (Å²) in [6, 6.07) is 0.389. The highest BCUT2D eigenvalue weighted by Gasteiger charge is 2.23. The van der Waals surface area contributed by atoms with Crippen LogP contribution in [0.4, 0.5) is 5.82 Å². The quantitative estimate of drug-likeness (QED) is 0.885. The van der Waals surface area contributed by atoms with E-state index in [-0.39, 0.29) is 0 Å². The summed E-state index contributed by atoms with van der Waals surface area (Å²) in [4.78, 5) is 10.7. The fourth-order valence-electron chi connectivity index (χ4n) is 2.76. The number of anilines is 1. The summed E-state index contributed by atoms with van der Waals surface area (Å²) < 4.78 is 7.13. The van der Waals surface area contributed by atoms with Crippen LogP contribution in [0.3, 0.4) is 0 Å². The molecule has 3 rings (SSSR count). The van der Waals surface area contributed by atoms with Gasteiger partial charge in [0.15, 0.2) is 5.65 Å². The molecule has 0 unspecified atom stereocenters. The zero-order valence-electron chi connectivity index (χ0n) is 11.7. The maximum absolute atomic E-state index is 5.85. The Morgan fingerprint density at radius 2 is 2.15 bits per heavy atom. The zero-order chi connectivity index (χ0) is 13.9. The Hall–Kier alpha value is -1.73. The number of nitrogens with zero attached hydrogens (tertiary/aromatic N) is 5. The smallest absolute Gasteiger partial charge is 0.163 e. The lowest BCUT2D eigenvalue weighted by Gasteiger charge is -2.31. The van der Waals surface area contributed by atoms with E-state index in [1.54, 1.807) is 13.3 Å². The first-order valence-electron chi connectivity index (χ1n) is 6.94. The summed E-state index contributed by atoms with van der Waals surface area (Å²) in [6.45, 7) is 3.92. The van der Waals surface area contributed by atoms with Crippen LogP contribution in [0.5, 0.6) is 0 Å². The molecule has 0 atom stereocenters. The number of piperidine rings is 1. The first-order valence-corrected chi connectivity index (χ1v) is 6.94. The van der Waals surface area contributed by atoms with Crippen molar-refractivity contribution in [1.29, 1.82) is 0 Å². The average Bonchev–Trinajstić information content (AvgIpc) is 2.91. The Bertz CT molecular complexity index is 575. The first kappa shape index (κ1) is 13.3. The van der Waals surface area contributed by atoms with Crippen LogP contribution >= 0.6 is 0 Å². The molecule has 1 fully saturated rings. The number of likely N-dealkylation sites (tertiary alicyclic amines) is 1. The normalized spacial score (nSPS) is 17.9. The SMILES string of the molecule is COCCN1CCC(n2ncc3c(N)ncnc32)CC1. The van der Waals surface area contributed by atoms with Crippen molar-refractivity contribution in [3.63, 3.8) is 0 Å². The number of aromatic nitrogens is 4. The van der Waals surface area contributed by atoms with Crippen molar-refractivity contribution in [2.24, 2.45) is 0 Å². The molecule has 7 nitrogen and oxygen atoms in total. The molecule has 3 heterocycles. The van der Waals surface area contributed by atoms with Crippen molar-refractivity contribution in [3.05, 3.63) is 12.5 Å². The van der Waals surface area contributed by atoms with Crippen molar-refractivity contribution in [2.75, 3.05) is 39.1 Å². The summed E-state index contributed by atoms with van der Waals surface area (Å²) in [6.07, 6.45) is 5.42. The van der Waals surface area contributed by atoms with Crippen LogP contribution in [0, 0.1) is 0 Å². The van der Waals surface area contributed by atoms with Crippen LogP contribution in [0.25, 0.3) is 11.0 Å². The average molecular weight is 276 g/mol. The van der Waals surface area contributed by atoms with Gasteiger partial charge in [-0.3, -0.25) is 0 Å². The highest BCUT2D eigenvalue weighted by Crippen LogP contribution is 2.26. The molecule has 0 amide bonds. The van der Waals surface area contributed by atoms with Gasteiger partial charge in [0.1, 0.15) is 12.1 Å². The van der Waals surface area contributed by atoms with Crippen LogP contribution < -0.4 is 5.73 Å². The molecule has 0 bridgehead atoms. The minimum absolute atomic E-state index is 0.389. The van der Waals surface area contributed by atoms with E-state index in [1.807, 2.05) is 4.68 Å². The lowest BCUT2D eigenvalue weighted by molar-refractivity contribution is 0.120. The van der Waals surface area contributed by atoms with Gasteiger partial charge in [-0.2, -0.15) is 5.10 Å². The number of nitrogen functional groups attached to an aromatic ring is 1. The fraction of sp³-hybridized carbons (Fsp3) is 0.615. The van der Waals surface area contributed by atoms with Gasteiger partial charge < -0.3 is 15.4 Å². The Kier molecular flexibility index (Phi) is 3.79. The number of nitrogens with two attached hydrogens (primary N) is 1. The number of fused-ring (bicyclic) bond motifs is 1. The van der Waals surface area contributed by atoms with Crippen molar-refractivity contribution in [2.45, 2.75) is 18.9 Å². The van der Waals surface area contributed by atoms with Gasteiger partial charge in [-0.15, -0.1) is 0 Å². The van der Waals surface area contributed by atoms with E-state index in [4.69, 9.17) is 10.5 Å². The molecule has 0 aromatic carbocycles. The molecule has 1 saturated heterocycles. The Balaban J connectivity index is 1.72. The van der Waals surface area contributed by atoms with Gasteiger partial charge in [-0.05, 0) is 12.8 Å². The molecule has 2 aromatic heterocycles. The lowest BCUT2D eigenvalue weighted by atomic mass is 10.1. The van der Waals surface area contributed by atoms with Gasteiger partial charge in [-0.1, -0.05) is 0 Å². The third-order valence-electron chi connectivity index (χ3n) is 3.94. The van der Waals surface area contributed by atoms with E-state index < -0.39 is 0 Å². The summed E-state index contributed by atoms with van der Waals surface area (Å²) in [5, 5.41) is 5.30. The summed E-state index contributed by atoms with van der Waals surface area (Å²) in [5.41, 5.74) is 6.69. The molecule has 1 aliphatic heterocycles. The van der Waals surface area contributed by atoms with E-state index >= 15 is 0 Å². The predicted octanol–water partition coefficient (Wildman–Crippen LogP) is 0.692. The largest absolute Gasteiger partial charge is 0.383 e. The molecule has 20 heavy (non-hydrogen) atoms. The molecule has 2 N–H and O–H groups in total. The van der Waals surface area contributed by atoms with E-state index in [9.17, 15) is 0 Å². The second-order valence-corrected chi connectivity index (χ2v) is 5.15. The molecule has 7 heteroatoms. The van der Waals surface area contributed by atoms with Gasteiger partial charge in [0.05, 0.1) is 24.2 Å². The highest BCUT2D eigenvalue weighted by molar-refractivity contribution is 5.84. The maximum atomic E-state index is 5.85. The second kappa shape index (κ2) is 5.72. The van der Waals surface area contributed by atoms with Crippen molar-refractivity contribution in [3.8, 4) is 0 Å². The van der Waals surface area contributed by atoms with Crippen LogP contribution in [0.15, 0.2) is 12.5 Å². The Morgan fingerprint density at radius 1 is 1.35 bits per heavy atom. The molecule has 2 aromatic rings. The van der Waals surface area contributed by atoms with Crippen LogP contribution in [0.1, 0.15) is 18.9 Å². The lowest BCUT2D eigenvalue weighted by Crippen LogP contribution is -2.36. The summed E-state index contributed by atoms with van der Waals surface area (Å²) >= 11 is 0. The molecule has 1 aliphatic rings. The number of hydrogen-bond acceptors (Lipinski definition) is 6. The minimum Gasteiger partial charge on any atom is -0.383 e. The van der Waals surface area contributed by atoms with Gasteiger partial charge in [-0.25, -0.2) is 14.6 Å². The predicted molar refractivity (Wildman–Crippen MR) is 76.3 cm³/mol. The topological polar surface area (TPSA) is 82.1 Å². The Morgan fingerprint density at radius 3 is 2.90 bits per heavy atom. The standard InChI is InChI=1S/C13H20N6O/c1-20-7-6-18-4-2-10(3-5-18)19-13-11(8-17-19)12(14)15-9-16-13/h8-10H,2-7H2,1H3,(H2,14,15,16). The number of methoxy groups -OCH3 is 1. The number of hydrogen-bond donors (Lipinski definition) is 1. The fourth-order valence-corrected chi connectivity index (χ4v) is 2.76. The molecule has 0 spiro atoms. The van der Waals surface area contributed by atoms with Crippen molar-refractivity contribution < 1.29 is 4.74 Å². The minimum atomic E-state index is 0.389. The van der Waals surface area contributed by atoms with Crippen molar-refractivity contribution in [1.82, 2.24) is 24.6 Å². The first-order chi connectivity index (χ1) is 9.79. The summed E-state index contributed by atoms with van der Waals surface area (Å²) in [5.74, 6) is 0.499. The number of ether oxygens (including phenoxy) is 1. The van der Waals surface area contributed by atoms with E-state index in [2.05, 4.69) is 20.0 Å². The second-order valence-electron chi connectivity index (χ2n) is 5.15. The molecular formula is C13H20N6O. The van der Waals surface area contributed by atoms with E-state index in [0.717, 1.165) is 50.1 Å². The van der Waals surface area contributed by atoms with Gasteiger partial charge >= 0.3 is 0 Å². The van der Waals surface area contributed by atoms with E-state index in [0.29, 0.717) is 11.9 Å². The molecule has 108 valence electrons. The third-order valence-corrected chi connectivity index (χ3v) is 3.94. The van der Waals surface area contributed by atoms with Crippen molar-refractivity contribution >= 4 is 16.9 Å².